The number of nitrogens with zero attached hydrogens (tertiary/aromatic N) is 5. The SMILES string of the molecule is N#CCc1ccc(OCC(=O)NNC(=O)c2ccc(Cn3nnc(-c4ccccc4)n3)cc2)cc1. The molecule has 0 unspecified atom stereocenters. The van der Waals surface area contributed by atoms with Gasteiger partial charge in [-0.1, -0.05) is 54.6 Å². The van der Waals surface area contributed by atoms with E-state index in [9.17, 15) is 9.59 Å². The highest BCUT2D eigenvalue weighted by atomic mass is 16.5. The number of carbonyl (C=O) groups excluding carboxylic acids is 2. The predicted molar refractivity (Wildman–Crippen MR) is 126 cm³/mol. The standard InChI is InChI=1S/C25H21N7O3/c26-15-14-18-8-12-22(13-9-18)35-17-23(33)27-29-25(34)21-10-6-19(7-11-21)16-32-30-24(28-31-32)20-4-2-1-3-5-20/h1-13H,14,16-17H2,(H,27,33)(H,29,34). The quantitative estimate of drug-likeness (QED) is 0.380. The second-order valence-corrected chi connectivity index (χ2v) is 7.48. The predicted octanol–water partition coefficient (Wildman–Crippen LogP) is 2.29. The third-order valence-corrected chi connectivity index (χ3v) is 4.92. The first kappa shape index (κ1) is 23.1. The van der Waals surface area contributed by atoms with E-state index < -0.39 is 11.8 Å². The molecule has 0 fully saturated rings. The van der Waals surface area contributed by atoms with Gasteiger partial charge >= 0.3 is 0 Å². The minimum atomic E-state index is -0.512. The highest BCUT2D eigenvalue weighted by Crippen LogP contribution is 2.13. The van der Waals surface area contributed by atoms with E-state index in [1.54, 1.807) is 48.5 Å². The fourth-order valence-electron chi connectivity index (χ4n) is 3.12. The van der Waals surface area contributed by atoms with Gasteiger partial charge in [0.1, 0.15) is 5.75 Å². The Balaban J connectivity index is 1.23. The molecule has 0 aliphatic rings. The van der Waals surface area contributed by atoms with Gasteiger partial charge in [-0.25, -0.2) is 0 Å². The molecule has 0 radical (unpaired) electrons. The average Bonchev–Trinajstić information content (AvgIpc) is 3.36. The van der Waals surface area contributed by atoms with Crippen LogP contribution >= 0.6 is 0 Å². The van der Waals surface area contributed by atoms with Crippen molar-refractivity contribution >= 4 is 11.8 Å². The summed E-state index contributed by atoms with van der Waals surface area (Å²) in [6, 6.07) is 25.3. The molecule has 0 atom stereocenters. The molecule has 0 bridgehead atoms. The third kappa shape index (κ3) is 6.49. The fraction of sp³-hybridized carbons (Fsp3) is 0.120. The summed E-state index contributed by atoms with van der Waals surface area (Å²) in [5, 5.41) is 21.2. The molecule has 10 heteroatoms. The largest absolute Gasteiger partial charge is 0.484 e. The molecule has 35 heavy (non-hydrogen) atoms. The number of ether oxygens (including phenoxy) is 1. The lowest BCUT2D eigenvalue weighted by Crippen LogP contribution is -2.43. The summed E-state index contributed by atoms with van der Waals surface area (Å²) < 4.78 is 5.38. The molecule has 1 aromatic heterocycles. The highest BCUT2D eigenvalue weighted by molar-refractivity contribution is 5.95. The molecule has 4 aromatic rings. The van der Waals surface area contributed by atoms with E-state index in [-0.39, 0.29) is 6.61 Å². The summed E-state index contributed by atoms with van der Waals surface area (Å²) in [6.07, 6.45) is 0.306. The van der Waals surface area contributed by atoms with Crippen molar-refractivity contribution in [3.63, 3.8) is 0 Å². The van der Waals surface area contributed by atoms with Gasteiger partial charge in [-0.15, -0.1) is 10.2 Å². The lowest BCUT2D eigenvalue weighted by molar-refractivity contribution is -0.123. The molecule has 0 aliphatic heterocycles. The smallest absolute Gasteiger partial charge is 0.276 e. The lowest BCUT2D eigenvalue weighted by Gasteiger charge is -2.09. The first-order valence-corrected chi connectivity index (χ1v) is 10.7. The van der Waals surface area contributed by atoms with Crippen LogP contribution in [0.3, 0.4) is 0 Å². The summed E-state index contributed by atoms with van der Waals surface area (Å²) >= 11 is 0. The first-order valence-electron chi connectivity index (χ1n) is 10.7. The maximum absolute atomic E-state index is 12.3. The molecule has 10 nitrogen and oxygen atoms in total. The number of nitrogens with one attached hydrogen (secondary N) is 2. The van der Waals surface area contributed by atoms with Crippen molar-refractivity contribution in [3.8, 4) is 23.2 Å². The van der Waals surface area contributed by atoms with Gasteiger partial charge in [0.2, 0.25) is 5.82 Å². The van der Waals surface area contributed by atoms with E-state index in [2.05, 4.69) is 32.3 Å². The number of hydrogen-bond acceptors (Lipinski definition) is 7. The van der Waals surface area contributed by atoms with Crippen LogP contribution < -0.4 is 15.6 Å². The van der Waals surface area contributed by atoms with Crippen LogP contribution in [0.15, 0.2) is 78.9 Å². The number of aromatic nitrogens is 4. The van der Waals surface area contributed by atoms with Crippen LogP contribution in [0.2, 0.25) is 0 Å². The fourth-order valence-corrected chi connectivity index (χ4v) is 3.12. The number of benzene rings is 3. The van der Waals surface area contributed by atoms with Crippen LogP contribution in [0.5, 0.6) is 5.75 Å². The van der Waals surface area contributed by atoms with E-state index in [1.165, 1.54) is 4.80 Å². The van der Waals surface area contributed by atoms with Crippen LogP contribution in [0, 0.1) is 11.3 Å². The number of carbonyl (C=O) groups is 2. The normalized spacial score (nSPS) is 10.3. The van der Waals surface area contributed by atoms with Gasteiger partial charge in [0.05, 0.1) is 19.0 Å². The first-order chi connectivity index (χ1) is 17.1. The van der Waals surface area contributed by atoms with Gasteiger partial charge in [0, 0.05) is 11.1 Å². The summed E-state index contributed by atoms with van der Waals surface area (Å²) in [4.78, 5) is 25.8. The Morgan fingerprint density at radius 3 is 2.34 bits per heavy atom. The van der Waals surface area contributed by atoms with Crippen molar-refractivity contribution in [3.05, 3.63) is 95.6 Å². The second kappa shape index (κ2) is 11.2. The minimum absolute atomic E-state index is 0.271. The Bertz CT molecular complexity index is 1330. The van der Waals surface area contributed by atoms with E-state index >= 15 is 0 Å². The van der Waals surface area contributed by atoms with Gasteiger partial charge in [-0.2, -0.15) is 10.1 Å². The van der Waals surface area contributed by atoms with E-state index in [0.29, 0.717) is 30.1 Å². The molecule has 2 amide bonds. The Labute approximate surface area is 201 Å². The zero-order chi connectivity index (χ0) is 24.5. The zero-order valence-electron chi connectivity index (χ0n) is 18.6. The summed E-state index contributed by atoms with van der Waals surface area (Å²) in [5.41, 5.74) is 7.67. The van der Waals surface area contributed by atoms with Crippen molar-refractivity contribution in [1.82, 2.24) is 31.1 Å². The summed E-state index contributed by atoms with van der Waals surface area (Å²) in [6.45, 7) is 0.125. The number of tetrazole rings is 1. The average molecular weight is 467 g/mol. The summed E-state index contributed by atoms with van der Waals surface area (Å²) in [7, 11) is 0. The van der Waals surface area contributed by atoms with Gasteiger partial charge in [-0.05, 0) is 40.6 Å². The van der Waals surface area contributed by atoms with Crippen LogP contribution in [-0.2, 0) is 17.8 Å². The number of nitriles is 1. The zero-order valence-corrected chi connectivity index (χ0v) is 18.6. The molecule has 0 saturated heterocycles. The Morgan fingerprint density at radius 2 is 1.63 bits per heavy atom. The second-order valence-electron chi connectivity index (χ2n) is 7.48. The van der Waals surface area contributed by atoms with E-state index in [1.807, 2.05) is 30.3 Å². The van der Waals surface area contributed by atoms with Gasteiger partial charge < -0.3 is 4.74 Å². The van der Waals surface area contributed by atoms with Crippen LogP contribution in [-0.4, -0.2) is 38.6 Å². The van der Waals surface area contributed by atoms with Crippen molar-refractivity contribution in [2.45, 2.75) is 13.0 Å². The Kier molecular flexibility index (Phi) is 7.40. The maximum atomic E-state index is 12.3. The van der Waals surface area contributed by atoms with Gasteiger partial charge in [-0.3, -0.25) is 20.4 Å². The molecule has 0 aliphatic carbocycles. The Hall–Kier alpha value is -5.04. The van der Waals surface area contributed by atoms with Crippen LogP contribution in [0.1, 0.15) is 21.5 Å². The van der Waals surface area contributed by atoms with Crippen molar-refractivity contribution in [1.29, 1.82) is 5.26 Å². The van der Waals surface area contributed by atoms with Crippen molar-refractivity contribution < 1.29 is 14.3 Å². The van der Waals surface area contributed by atoms with E-state index in [4.69, 9.17) is 10.00 Å². The number of hydrazine groups is 1. The number of amides is 2. The molecule has 0 saturated carbocycles. The Morgan fingerprint density at radius 1 is 0.914 bits per heavy atom. The third-order valence-electron chi connectivity index (χ3n) is 4.92. The lowest BCUT2D eigenvalue weighted by atomic mass is 10.1. The topological polar surface area (TPSA) is 135 Å². The van der Waals surface area contributed by atoms with Crippen molar-refractivity contribution in [2.75, 3.05) is 6.61 Å². The molecule has 4 rings (SSSR count). The number of rotatable bonds is 8. The van der Waals surface area contributed by atoms with Gasteiger partial charge in [0.15, 0.2) is 6.61 Å². The van der Waals surface area contributed by atoms with Crippen LogP contribution in [0.25, 0.3) is 11.4 Å². The van der Waals surface area contributed by atoms with Gasteiger partial charge in [0.25, 0.3) is 11.8 Å². The van der Waals surface area contributed by atoms with Crippen molar-refractivity contribution in [2.24, 2.45) is 0 Å². The molecular formula is C25H21N7O3. The minimum Gasteiger partial charge on any atom is -0.484 e. The van der Waals surface area contributed by atoms with E-state index in [0.717, 1.165) is 16.7 Å². The molecule has 1 heterocycles. The number of hydrogen-bond donors (Lipinski definition) is 2. The maximum Gasteiger partial charge on any atom is 0.276 e. The highest BCUT2D eigenvalue weighted by Gasteiger charge is 2.10. The molecular weight excluding hydrogens is 446 g/mol. The summed E-state index contributed by atoms with van der Waals surface area (Å²) in [5.74, 6) is 0.0531. The monoisotopic (exact) mass is 467 g/mol. The van der Waals surface area contributed by atoms with Crippen LogP contribution in [0.4, 0.5) is 0 Å². The molecule has 174 valence electrons. The molecule has 2 N–H and O–H groups in total. The molecule has 3 aromatic carbocycles. The molecule has 0 spiro atoms.